The molecule has 1 atom stereocenters. The van der Waals surface area contributed by atoms with Gasteiger partial charge in [0.15, 0.2) is 0 Å². The number of hydrogen-bond donors (Lipinski definition) is 1. The van der Waals surface area contributed by atoms with Crippen LogP contribution in [0.5, 0.6) is 0 Å². The molecule has 2 rings (SSSR count). The van der Waals surface area contributed by atoms with Crippen molar-refractivity contribution < 1.29 is 8.42 Å². The molecule has 1 saturated heterocycles. The van der Waals surface area contributed by atoms with Crippen molar-refractivity contribution in [2.45, 2.75) is 37.6 Å². The highest BCUT2D eigenvalue weighted by Gasteiger charge is 2.33. The lowest BCUT2D eigenvalue weighted by atomic mass is 10.2. The monoisotopic (exact) mass is 307 g/mol. The van der Waals surface area contributed by atoms with Crippen molar-refractivity contribution in [3.8, 4) is 6.07 Å². The van der Waals surface area contributed by atoms with Gasteiger partial charge in [0.2, 0.25) is 10.0 Å². The Morgan fingerprint density at radius 3 is 2.76 bits per heavy atom. The van der Waals surface area contributed by atoms with Crippen LogP contribution in [0.25, 0.3) is 0 Å². The molecule has 21 heavy (non-hydrogen) atoms. The molecule has 0 spiro atoms. The fraction of sp³-hybridized carbons (Fsp3) is 0.533. The zero-order valence-corrected chi connectivity index (χ0v) is 13.3. The summed E-state index contributed by atoms with van der Waals surface area (Å²) >= 11 is 0. The third-order valence-corrected chi connectivity index (χ3v) is 5.89. The fourth-order valence-electron chi connectivity index (χ4n) is 2.74. The molecule has 114 valence electrons. The van der Waals surface area contributed by atoms with Gasteiger partial charge in [0, 0.05) is 19.1 Å². The summed E-state index contributed by atoms with van der Waals surface area (Å²) in [5, 5.41) is 12.1. The lowest BCUT2D eigenvalue weighted by Crippen LogP contribution is -2.42. The first-order valence-electron chi connectivity index (χ1n) is 7.24. The third kappa shape index (κ3) is 3.26. The van der Waals surface area contributed by atoms with Gasteiger partial charge in [0.1, 0.15) is 0 Å². The van der Waals surface area contributed by atoms with E-state index in [0.29, 0.717) is 29.1 Å². The summed E-state index contributed by atoms with van der Waals surface area (Å²) in [5.74, 6) is 0. The van der Waals surface area contributed by atoms with E-state index in [2.05, 4.69) is 5.32 Å². The Bertz CT molecular complexity index is 643. The first kappa shape index (κ1) is 16.0. The van der Waals surface area contributed by atoms with Crippen molar-refractivity contribution in [2.75, 3.05) is 19.6 Å². The zero-order chi connectivity index (χ0) is 15.5. The standard InChI is InChI=1S/C15H21N3O2S/c1-3-8-18(14-6-7-17-11-14)21(19,20)15-5-4-13(10-16)9-12(15)2/h4-5,9,14,17H,3,6-8,11H2,1-2H3. The summed E-state index contributed by atoms with van der Waals surface area (Å²) in [6.07, 6.45) is 1.62. The van der Waals surface area contributed by atoms with Crippen LogP contribution >= 0.6 is 0 Å². The summed E-state index contributed by atoms with van der Waals surface area (Å²) < 4.78 is 27.5. The summed E-state index contributed by atoms with van der Waals surface area (Å²) in [7, 11) is -3.52. The maximum Gasteiger partial charge on any atom is 0.243 e. The van der Waals surface area contributed by atoms with E-state index in [4.69, 9.17) is 5.26 Å². The summed E-state index contributed by atoms with van der Waals surface area (Å²) in [6, 6.07) is 6.80. The molecule has 0 amide bonds. The molecule has 0 radical (unpaired) electrons. The van der Waals surface area contributed by atoms with Crippen LogP contribution in [-0.2, 0) is 10.0 Å². The van der Waals surface area contributed by atoms with E-state index in [1.165, 1.54) is 0 Å². The van der Waals surface area contributed by atoms with E-state index < -0.39 is 10.0 Å². The topological polar surface area (TPSA) is 73.2 Å². The van der Waals surface area contributed by atoms with Gasteiger partial charge in [-0.05, 0) is 50.1 Å². The van der Waals surface area contributed by atoms with Crippen LogP contribution in [0.2, 0.25) is 0 Å². The molecule has 1 aliphatic rings. The molecule has 1 unspecified atom stereocenters. The maximum absolute atomic E-state index is 12.9. The fourth-order valence-corrected chi connectivity index (χ4v) is 4.69. The molecule has 0 saturated carbocycles. The predicted octanol–water partition coefficient (Wildman–Crippen LogP) is 1.63. The van der Waals surface area contributed by atoms with E-state index >= 15 is 0 Å². The van der Waals surface area contributed by atoms with Crippen molar-refractivity contribution >= 4 is 10.0 Å². The van der Waals surface area contributed by atoms with E-state index in [1.807, 2.05) is 13.0 Å². The Balaban J connectivity index is 2.40. The second-order valence-electron chi connectivity index (χ2n) is 5.35. The lowest BCUT2D eigenvalue weighted by molar-refractivity contribution is 0.335. The van der Waals surface area contributed by atoms with Crippen molar-refractivity contribution in [3.63, 3.8) is 0 Å². The molecule has 1 fully saturated rings. The molecule has 5 nitrogen and oxygen atoms in total. The number of hydrogen-bond acceptors (Lipinski definition) is 4. The van der Waals surface area contributed by atoms with Gasteiger partial charge in [-0.2, -0.15) is 9.57 Å². The number of nitrogens with zero attached hydrogens (tertiary/aromatic N) is 2. The molecule has 0 bridgehead atoms. The van der Waals surface area contributed by atoms with Gasteiger partial charge < -0.3 is 5.32 Å². The van der Waals surface area contributed by atoms with Crippen LogP contribution in [0.1, 0.15) is 30.9 Å². The van der Waals surface area contributed by atoms with E-state index in [1.54, 1.807) is 29.4 Å². The Hall–Kier alpha value is -1.42. The van der Waals surface area contributed by atoms with Gasteiger partial charge in [-0.25, -0.2) is 8.42 Å². The van der Waals surface area contributed by atoms with Crippen molar-refractivity contribution in [3.05, 3.63) is 29.3 Å². The molecule has 1 aliphatic heterocycles. The molecule has 1 aromatic carbocycles. The summed E-state index contributed by atoms with van der Waals surface area (Å²) in [4.78, 5) is 0.307. The van der Waals surface area contributed by atoms with Crippen LogP contribution < -0.4 is 5.32 Å². The summed E-state index contributed by atoms with van der Waals surface area (Å²) in [6.45, 7) is 5.80. The second kappa shape index (κ2) is 6.56. The van der Waals surface area contributed by atoms with Crippen molar-refractivity contribution in [1.29, 1.82) is 5.26 Å². The number of nitrogens with one attached hydrogen (secondary N) is 1. The normalized spacial score (nSPS) is 18.9. The Morgan fingerprint density at radius 1 is 1.48 bits per heavy atom. The first-order chi connectivity index (χ1) is 10.0. The molecule has 1 heterocycles. The van der Waals surface area contributed by atoms with E-state index in [9.17, 15) is 8.42 Å². The highest BCUT2D eigenvalue weighted by Crippen LogP contribution is 2.24. The van der Waals surface area contributed by atoms with Crippen LogP contribution in [0.15, 0.2) is 23.1 Å². The average molecular weight is 307 g/mol. The van der Waals surface area contributed by atoms with Gasteiger partial charge in [-0.3, -0.25) is 0 Å². The van der Waals surface area contributed by atoms with Crippen LogP contribution in [0.4, 0.5) is 0 Å². The van der Waals surface area contributed by atoms with Crippen molar-refractivity contribution in [1.82, 2.24) is 9.62 Å². The molecule has 0 aromatic heterocycles. The number of aryl methyl sites for hydroxylation is 1. The van der Waals surface area contributed by atoms with E-state index in [-0.39, 0.29) is 6.04 Å². The molecule has 1 aromatic rings. The van der Waals surface area contributed by atoms with Gasteiger partial charge in [-0.1, -0.05) is 6.92 Å². The molecular weight excluding hydrogens is 286 g/mol. The third-order valence-electron chi connectivity index (χ3n) is 3.78. The first-order valence-corrected chi connectivity index (χ1v) is 8.68. The Morgan fingerprint density at radius 2 is 2.24 bits per heavy atom. The van der Waals surface area contributed by atoms with Crippen LogP contribution in [0.3, 0.4) is 0 Å². The number of nitriles is 1. The molecular formula is C15H21N3O2S. The number of benzene rings is 1. The zero-order valence-electron chi connectivity index (χ0n) is 12.5. The average Bonchev–Trinajstić information content (AvgIpc) is 2.97. The predicted molar refractivity (Wildman–Crippen MR) is 81.4 cm³/mol. The highest BCUT2D eigenvalue weighted by atomic mass is 32.2. The minimum atomic E-state index is -3.52. The van der Waals surface area contributed by atoms with E-state index in [0.717, 1.165) is 19.4 Å². The molecule has 0 aliphatic carbocycles. The molecule has 1 N–H and O–H groups in total. The van der Waals surface area contributed by atoms with Gasteiger partial charge >= 0.3 is 0 Å². The number of sulfonamides is 1. The van der Waals surface area contributed by atoms with Gasteiger partial charge in [-0.15, -0.1) is 0 Å². The Kier molecular flexibility index (Phi) is 4.99. The smallest absolute Gasteiger partial charge is 0.243 e. The second-order valence-corrected chi connectivity index (χ2v) is 7.21. The minimum Gasteiger partial charge on any atom is -0.315 e. The summed E-state index contributed by atoms with van der Waals surface area (Å²) in [5.41, 5.74) is 1.11. The maximum atomic E-state index is 12.9. The quantitative estimate of drug-likeness (QED) is 0.897. The SMILES string of the molecule is CCCN(C1CCNC1)S(=O)(=O)c1ccc(C#N)cc1C. The highest BCUT2D eigenvalue weighted by molar-refractivity contribution is 7.89. The van der Waals surface area contributed by atoms with Crippen molar-refractivity contribution in [2.24, 2.45) is 0 Å². The molecule has 6 heteroatoms. The van der Waals surface area contributed by atoms with Crippen LogP contribution in [0, 0.1) is 18.3 Å². The minimum absolute atomic E-state index is 0.0185. The number of rotatable bonds is 5. The lowest BCUT2D eigenvalue weighted by Gasteiger charge is -2.28. The Labute approximate surface area is 126 Å². The largest absolute Gasteiger partial charge is 0.315 e. The van der Waals surface area contributed by atoms with Gasteiger partial charge in [0.25, 0.3) is 0 Å². The van der Waals surface area contributed by atoms with Gasteiger partial charge in [0.05, 0.1) is 16.5 Å². The van der Waals surface area contributed by atoms with Crippen LogP contribution in [-0.4, -0.2) is 38.4 Å².